The second-order valence-electron chi connectivity index (χ2n) is 3.92. The second kappa shape index (κ2) is 5.83. The van der Waals surface area contributed by atoms with Gasteiger partial charge in [-0.15, -0.1) is 0 Å². The lowest BCUT2D eigenvalue weighted by Gasteiger charge is -2.11. The van der Waals surface area contributed by atoms with Gasteiger partial charge in [-0.2, -0.15) is 0 Å². The first-order valence-corrected chi connectivity index (χ1v) is 6.96. The van der Waals surface area contributed by atoms with E-state index in [4.69, 9.17) is 5.11 Å². The van der Waals surface area contributed by atoms with Crippen LogP contribution in [0.2, 0.25) is 0 Å². The van der Waals surface area contributed by atoms with Crippen molar-refractivity contribution in [2.45, 2.75) is 23.5 Å². The molecule has 1 aromatic rings. The van der Waals surface area contributed by atoms with E-state index in [-0.39, 0.29) is 11.3 Å². The number of aliphatic carboxylic acids is 1. The van der Waals surface area contributed by atoms with Crippen LogP contribution >= 0.6 is 0 Å². The normalized spacial score (nSPS) is 12.7. The van der Waals surface area contributed by atoms with Crippen LogP contribution in [0.15, 0.2) is 29.2 Å². The predicted octanol–water partition coefficient (Wildman–Crippen LogP) is 0.649. The molecule has 0 saturated carbocycles. The van der Waals surface area contributed by atoms with Crippen LogP contribution in [0.5, 0.6) is 0 Å². The molecule has 0 aliphatic carbocycles. The van der Waals surface area contributed by atoms with Crippen molar-refractivity contribution >= 4 is 21.8 Å². The first kappa shape index (κ1) is 15.2. The molecule has 0 bridgehead atoms. The van der Waals surface area contributed by atoms with Crippen LogP contribution in [0, 0.1) is 0 Å². The fraction of sp³-hybridized carbons (Fsp3) is 0.333. The van der Waals surface area contributed by atoms with Gasteiger partial charge in [0.05, 0.1) is 18.4 Å². The summed E-state index contributed by atoms with van der Waals surface area (Å²) in [5.41, 5.74) is 0.483. The number of methoxy groups -OCH3 is 1. The number of carboxylic acid groups (broad SMARTS) is 1. The third-order valence-electron chi connectivity index (χ3n) is 2.61. The van der Waals surface area contributed by atoms with Gasteiger partial charge in [0, 0.05) is 0 Å². The van der Waals surface area contributed by atoms with Crippen molar-refractivity contribution in [2.75, 3.05) is 7.11 Å². The Balaban J connectivity index is 3.03. The number of carbonyl (C=O) groups excluding carboxylic acids is 1. The van der Waals surface area contributed by atoms with Crippen molar-refractivity contribution in [3.63, 3.8) is 0 Å². The van der Waals surface area contributed by atoms with Crippen LogP contribution in [0.25, 0.3) is 0 Å². The lowest BCUT2D eigenvalue weighted by atomic mass is 10.2. The summed E-state index contributed by atoms with van der Waals surface area (Å²) < 4.78 is 28.5. The Labute approximate surface area is 110 Å². The molecule has 1 unspecified atom stereocenters. The van der Waals surface area contributed by atoms with Crippen LogP contribution in [0.1, 0.15) is 12.5 Å². The SMILES string of the molecule is COC(=O)C(C)S(=O)(=O)c1ccc(CC(=O)O)cc1. The molecule has 1 atom stereocenters. The quantitative estimate of drug-likeness (QED) is 0.798. The minimum Gasteiger partial charge on any atom is -0.481 e. The largest absolute Gasteiger partial charge is 0.481 e. The van der Waals surface area contributed by atoms with Crippen molar-refractivity contribution in [3.05, 3.63) is 29.8 Å². The molecule has 7 heteroatoms. The third-order valence-corrected chi connectivity index (χ3v) is 4.66. The molecule has 1 aromatic carbocycles. The summed E-state index contributed by atoms with van der Waals surface area (Å²) >= 11 is 0. The van der Waals surface area contributed by atoms with Crippen molar-refractivity contribution in [1.82, 2.24) is 0 Å². The number of sulfone groups is 1. The van der Waals surface area contributed by atoms with E-state index in [9.17, 15) is 18.0 Å². The summed E-state index contributed by atoms with van der Waals surface area (Å²) in [4.78, 5) is 21.7. The molecule has 0 spiro atoms. The minimum atomic E-state index is -3.82. The third kappa shape index (κ3) is 3.54. The van der Waals surface area contributed by atoms with Crippen LogP contribution < -0.4 is 0 Å². The van der Waals surface area contributed by atoms with E-state index in [1.807, 2.05) is 0 Å². The standard InChI is InChI=1S/C12H14O6S/c1-8(12(15)18-2)19(16,17)10-5-3-9(4-6-10)7-11(13)14/h3-6,8H,7H2,1-2H3,(H,13,14). The Bertz CT molecular complexity index is 573. The zero-order valence-electron chi connectivity index (χ0n) is 10.5. The topological polar surface area (TPSA) is 97.7 Å². The Morgan fingerprint density at radius 2 is 1.79 bits per heavy atom. The summed E-state index contributed by atoms with van der Waals surface area (Å²) in [7, 11) is -2.70. The Morgan fingerprint density at radius 1 is 1.26 bits per heavy atom. The highest BCUT2D eigenvalue weighted by atomic mass is 32.2. The molecule has 0 heterocycles. The second-order valence-corrected chi connectivity index (χ2v) is 6.19. The summed E-state index contributed by atoms with van der Waals surface area (Å²) in [6.45, 7) is 1.24. The van der Waals surface area contributed by atoms with Crippen molar-refractivity contribution < 1.29 is 27.9 Å². The molecule has 0 radical (unpaired) electrons. The van der Waals surface area contributed by atoms with Gasteiger partial charge < -0.3 is 9.84 Å². The van der Waals surface area contributed by atoms with E-state index in [0.717, 1.165) is 7.11 Å². The monoisotopic (exact) mass is 286 g/mol. The summed E-state index contributed by atoms with van der Waals surface area (Å²) in [6, 6.07) is 5.39. The van der Waals surface area contributed by atoms with Crippen LogP contribution in [-0.4, -0.2) is 37.8 Å². The maximum Gasteiger partial charge on any atom is 0.324 e. The molecule has 6 nitrogen and oxygen atoms in total. The number of carbonyl (C=O) groups is 2. The van der Waals surface area contributed by atoms with Gasteiger partial charge >= 0.3 is 11.9 Å². The van der Waals surface area contributed by atoms with Crippen molar-refractivity contribution in [1.29, 1.82) is 0 Å². The summed E-state index contributed by atoms with van der Waals surface area (Å²) in [6.07, 6.45) is -0.188. The van der Waals surface area contributed by atoms with E-state index < -0.39 is 27.0 Å². The molecule has 1 rings (SSSR count). The zero-order valence-corrected chi connectivity index (χ0v) is 11.3. The number of esters is 1. The number of benzene rings is 1. The molecule has 0 saturated heterocycles. The first-order chi connectivity index (χ1) is 8.78. The summed E-state index contributed by atoms with van der Waals surface area (Å²) in [5, 5.41) is 7.31. The first-order valence-electron chi connectivity index (χ1n) is 5.41. The van der Waals surface area contributed by atoms with E-state index in [0.29, 0.717) is 5.56 Å². The fourth-order valence-corrected chi connectivity index (χ4v) is 2.74. The van der Waals surface area contributed by atoms with Crippen LogP contribution in [-0.2, 0) is 30.6 Å². The lowest BCUT2D eigenvalue weighted by Crippen LogP contribution is -2.28. The van der Waals surface area contributed by atoms with Gasteiger partial charge in [-0.25, -0.2) is 8.42 Å². The maximum atomic E-state index is 12.0. The Hall–Kier alpha value is -1.89. The highest BCUT2D eigenvalue weighted by Gasteiger charge is 2.30. The fourth-order valence-electron chi connectivity index (χ4n) is 1.47. The van der Waals surface area contributed by atoms with Crippen molar-refractivity contribution in [2.24, 2.45) is 0 Å². The van der Waals surface area contributed by atoms with E-state index in [2.05, 4.69) is 4.74 Å². The average molecular weight is 286 g/mol. The molecule has 0 aliphatic rings. The smallest absolute Gasteiger partial charge is 0.324 e. The van der Waals surface area contributed by atoms with E-state index in [1.165, 1.54) is 31.2 Å². The van der Waals surface area contributed by atoms with Crippen LogP contribution in [0.3, 0.4) is 0 Å². The number of hydrogen-bond donors (Lipinski definition) is 1. The molecular formula is C12H14O6S. The molecule has 19 heavy (non-hydrogen) atoms. The van der Waals surface area contributed by atoms with Crippen LogP contribution in [0.4, 0.5) is 0 Å². The summed E-state index contributed by atoms with van der Waals surface area (Å²) in [5.74, 6) is -1.84. The van der Waals surface area contributed by atoms with Gasteiger partial charge in [-0.1, -0.05) is 12.1 Å². The Morgan fingerprint density at radius 3 is 2.21 bits per heavy atom. The molecule has 0 aliphatic heterocycles. The van der Waals surface area contributed by atoms with Gasteiger partial charge in [0.1, 0.15) is 0 Å². The van der Waals surface area contributed by atoms with E-state index in [1.54, 1.807) is 0 Å². The Kier molecular flexibility index (Phi) is 4.66. The van der Waals surface area contributed by atoms with Gasteiger partial charge in [-0.3, -0.25) is 9.59 Å². The van der Waals surface area contributed by atoms with Gasteiger partial charge in [0.2, 0.25) is 0 Å². The van der Waals surface area contributed by atoms with Gasteiger partial charge in [-0.05, 0) is 24.6 Å². The van der Waals surface area contributed by atoms with E-state index >= 15 is 0 Å². The number of rotatable bonds is 5. The number of hydrogen-bond acceptors (Lipinski definition) is 5. The molecular weight excluding hydrogens is 272 g/mol. The zero-order chi connectivity index (χ0) is 14.6. The number of ether oxygens (including phenoxy) is 1. The highest BCUT2D eigenvalue weighted by Crippen LogP contribution is 2.18. The van der Waals surface area contributed by atoms with Gasteiger partial charge in [0.25, 0.3) is 0 Å². The van der Waals surface area contributed by atoms with Crippen molar-refractivity contribution in [3.8, 4) is 0 Å². The molecule has 0 fully saturated rings. The maximum absolute atomic E-state index is 12.0. The number of carboxylic acids is 1. The molecule has 0 amide bonds. The molecule has 104 valence electrons. The van der Waals surface area contributed by atoms with Gasteiger partial charge in [0.15, 0.2) is 15.1 Å². The highest BCUT2D eigenvalue weighted by molar-refractivity contribution is 7.92. The minimum absolute atomic E-state index is 0.0421. The average Bonchev–Trinajstić information content (AvgIpc) is 2.36. The predicted molar refractivity (Wildman–Crippen MR) is 66.4 cm³/mol. The molecule has 0 aromatic heterocycles. The lowest BCUT2D eigenvalue weighted by molar-refractivity contribution is -0.140. The molecule has 1 N–H and O–H groups in total.